The molecule has 0 saturated heterocycles. The minimum absolute atomic E-state index is 0.373. The fourth-order valence-electron chi connectivity index (χ4n) is 8.00. The van der Waals surface area contributed by atoms with Gasteiger partial charge in [0.25, 0.3) is 0 Å². The zero-order chi connectivity index (χ0) is 95.9. The maximum absolute atomic E-state index is 12.6. The number of carboxylic acid groups (broad SMARTS) is 1. The minimum Gasteiger partial charge on any atom is -0.480 e. The van der Waals surface area contributed by atoms with Crippen molar-refractivity contribution in [2.45, 2.75) is 30.2 Å². The molecular formula is C63H99N29O35. The highest BCUT2D eigenvalue weighted by Crippen LogP contribution is 1.91. The van der Waals surface area contributed by atoms with E-state index < -0.39 is 385 Å². The largest absolute Gasteiger partial charge is 0.480 e. The van der Waals surface area contributed by atoms with Crippen molar-refractivity contribution in [3.05, 3.63) is 0 Å². The third-order valence-corrected chi connectivity index (χ3v) is 14.5. The van der Waals surface area contributed by atoms with Crippen molar-refractivity contribution in [3.63, 3.8) is 0 Å². The van der Waals surface area contributed by atoms with Crippen molar-refractivity contribution in [2.24, 2.45) is 5.73 Å². The van der Waals surface area contributed by atoms with E-state index in [1.54, 1.807) is 0 Å². The van der Waals surface area contributed by atoms with Gasteiger partial charge in [-0.25, -0.2) is 0 Å². The lowest BCUT2D eigenvalue weighted by Gasteiger charge is -2.17. The van der Waals surface area contributed by atoms with E-state index in [4.69, 9.17) is 10.8 Å². The molecule has 0 saturated carbocycles. The Labute approximate surface area is 714 Å². The topological polar surface area (TPSA) is 979 Å². The van der Waals surface area contributed by atoms with Gasteiger partial charge in [0, 0.05) is 0 Å². The highest BCUT2D eigenvalue weighted by atomic mass is 16.4. The van der Waals surface area contributed by atoms with Crippen molar-refractivity contribution in [1.29, 1.82) is 0 Å². The molecule has 0 heterocycles. The molecule has 0 aliphatic carbocycles. The lowest BCUT2D eigenvalue weighted by molar-refractivity contribution is -0.138. The van der Waals surface area contributed by atoms with Gasteiger partial charge >= 0.3 is 5.97 Å². The van der Waals surface area contributed by atoms with Crippen molar-refractivity contribution >= 4 is 171 Å². The van der Waals surface area contributed by atoms with Crippen LogP contribution in [0.2, 0.25) is 0 Å². The zero-order valence-corrected chi connectivity index (χ0v) is 67.0. The summed E-state index contributed by atoms with van der Waals surface area (Å²) in [7, 11) is 0. The van der Waals surface area contributed by atoms with Crippen LogP contribution in [-0.2, 0) is 139 Å². The number of aliphatic carboxylic acids is 1. The van der Waals surface area contributed by atoms with E-state index in [0.717, 1.165) is 0 Å². The Morgan fingerprint density at radius 3 is 0.370 bits per heavy atom. The Balaban J connectivity index is 4.48. The van der Waals surface area contributed by atoms with E-state index in [9.17, 15) is 165 Å². The number of hydrogen-bond acceptors (Lipinski definition) is 35. The second-order valence-corrected chi connectivity index (χ2v) is 24.7. The minimum atomic E-state index is -1.71. The van der Waals surface area contributed by atoms with Crippen LogP contribution in [0.4, 0.5) is 0 Å². The summed E-state index contributed by atoms with van der Waals surface area (Å²) in [5.74, 6) is -28.6. The number of rotatable bonds is 62. The molecule has 706 valence electrons. The molecule has 0 aromatic carbocycles. The molecule has 0 aliphatic rings. The van der Waals surface area contributed by atoms with E-state index in [0.29, 0.717) is 0 Å². The maximum Gasteiger partial charge on any atom is 0.322 e. The number of carbonyl (C=O) groups excluding carboxylic acids is 28. The lowest BCUT2D eigenvalue weighted by Crippen LogP contribution is -2.53. The number of hydrogen-bond donors (Lipinski definition) is 35. The number of aliphatic hydroxyl groups excluding tert-OH is 5. The second-order valence-electron chi connectivity index (χ2n) is 24.7. The summed E-state index contributed by atoms with van der Waals surface area (Å²) < 4.78 is 0. The zero-order valence-electron chi connectivity index (χ0n) is 67.0. The standard InChI is InChI=1S/C63H99N29O35/c64-1-35(98)65-2-36(99)66-8-42(105)77-19-53(116)88-30(25-93)59(123)83-14-48(111)72-3-37(100)67-9-43(106)78-20-54(117)89-31(26-94)60(124)84-15-49(112)73-4-38(101)68-10-44(107)79-21-55(118)90-32(27-95)61(125)85-16-50(113)74-5-39(102)69-11-45(108)80-22-56(119)91-33(28-96)62(126)86-17-51(114)75-6-40(103)70-12-46(109)81-23-57(120)92-34(29-97)63(127)87-18-52(115)76-7-41(104)71-13-47(110)82-24-58(121)122/h30-34,93-97H,1-29,64H2,(H,65,98)(H,66,99)(H,67,100)(H,68,101)(H,69,102)(H,70,103)(H,71,104)(H,72,111)(H,73,112)(H,74,113)(H,75,114)(H,76,115)(H,77,105)(H,78,106)(H,79,107)(H,80,108)(H,81,109)(H,82,110)(H,83,123)(H,84,124)(H,85,125)(H,86,126)(H,87,127)(H,88,116)(H,89,117)(H,90,118)(H,91,119)(H,92,120)(H,121,122)/t30-,31-,32-,33-,34-/m0/s1. The summed E-state index contributed by atoms with van der Waals surface area (Å²) in [6.45, 7) is -22.6. The number of carboxylic acids is 1. The molecule has 28 amide bonds. The number of nitrogens with two attached hydrogens (primary N) is 1. The molecule has 127 heavy (non-hydrogen) atoms. The lowest BCUT2D eigenvalue weighted by atomic mass is 10.3. The quantitative estimate of drug-likeness (QED) is 0.0269. The molecular weight excluding hydrogens is 1720 g/mol. The predicted octanol–water partition coefficient (Wildman–Crippen LogP) is -28.9. The van der Waals surface area contributed by atoms with Crippen LogP contribution in [0.25, 0.3) is 0 Å². The van der Waals surface area contributed by atoms with Gasteiger partial charge in [0.1, 0.15) is 36.8 Å². The van der Waals surface area contributed by atoms with Crippen LogP contribution in [0, 0.1) is 0 Å². The average Bonchev–Trinajstić information content (AvgIpc) is 0.930. The summed E-state index contributed by atoms with van der Waals surface area (Å²) in [4.78, 5) is 351. The predicted molar refractivity (Wildman–Crippen MR) is 411 cm³/mol. The third-order valence-electron chi connectivity index (χ3n) is 14.5. The molecule has 0 aliphatic heterocycles. The molecule has 5 atom stereocenters. The SMILES string of the molecule is NCC(=O)NCC(=O)NCC(=O)NCC(=O)N[C@@H](CO)C(=O)NCC(=O)NCC(=O)NCC(=O)NCC(=O)N[C@@H](CO)C(=O)NCC(=O)NCC(=O)NCC(=O)NCC(=O)N[C@@H](CO)C(=O)NCC(=O)NCC(=O)NCC(=O)NCC(=O)N[C@@H](CO)C(=O)NCC(=O)NCC(=O)NCC(=O)NCC(=O)N[C@@H](CO)C(=O)NCC(=O)NCC(=O)NCC(=O)NCC(=O)O. The van der Waals surface area contributed by atoms with Crippen molar-refractivity contribution in [1.82, 2.24) is 149 Å². The Hall–Kier alpha value is -15.6. The molecule has 0 spiro atoms. The molecule has 64 heteroatoms. The van der Waals surface area contributed by atoms with Crippen molar-refractivity contribution in [2.75, 3.05) is 190 Å². The van der Waals surface area contributed by atoms with Gasteiger partial charge in [-0.1, -0.05) is 0 Å². The highest BCUT2D eigenvalue weighted by molar-refractivity contribution is 6.00. The molecule has 36 N–H and O–H groups in total. The number of amides is 28. The van der Waals surface area contributed by atoms with Gasteiger partial charge in [0.2, 0.25) is 165 Å². The van der Waals surface area contributed by atoms with Gasteiger partial charge in [-0.15, -0.1) is 0 Å². The first kappa shape index (κ1) is 111. The van der Waals surface area contributed by atoms with Gasteiger partial charge in [-0.2, -0.15) is 0 Å². The number of aliphatic hydroxyl groups is 5. The summed E-state index contributed by atoms with van der Waals surface area (Å²) in [5, 5.41) is 115. The molecule has 0 aromatic rings. The molecule has 0 bridgehead atoms. The summed E-state index contributed by atoms with van der Waals surface area (Å²) in [6.07, 6.45) is 0. The molecule has 0 unspecified atom stereocenters. The molecule has 64 nitrogen and oxygen atoms in total. The van der Waals surface area contributed by atoms with Crippen molar-refractivity contribution in [3.8, 4) is 0 Å². The smallest absolute Gasteiger partial charge is 0.322 e. The Kier molecular flexibility index (Phi) is 56.3. The van der Waals surface area contributed by atoms with Crippen LogP contribution in [0.1, 0.15) is 0 Å². The monoisotopic (exact) mass is 1820 g/mol. The highest BCUT2D eigenvalue weighted by Gasteiger charge is 2.28. The fourth-order valence-corrected chi connectivity index (χ4v) is 8.00. The van der Waals surface area contributed by atoms with E-state index in [1.807, 2.05) is 26.6 Å². The Morgan fingerprint density at radius 2 is 0.260 bits per heavy atom. The van der Waals surface area contributed by atoms with E-state index in [-0.39, 0.29) is 6.54 Å². The molecule has 0 fully saturated rings. The van der Waals surface area contributed by atoms with E-state index in [1.165, 1.54) is 0 Å². The summed E-state index contributed by atoms with van der Waals surface area (Å²) >= 11 is 0. The van der Waals surface area contributed by atoms with Crippen LogP contribution in [0.15, 0.2) is 0 Å². The second kappa shape index (κ2) is 64.2. The molecule has 0 rings (SSSR count). The summed E-state index contributed by atoms with van der Waals surface area (Å²) in [5.41, 5.74) is 5.09. The van der Waals surface area contributed by atoms with Gasteiger partial charge in [0.15, 0.2) is 0 Å². The summed E-state index contributed by atoms with van der Waals surface area (Å²) in [6, 6.07) is -8.34. The molecule has 0 aromatic heterocycles. The average molecular weight is 1820 g/mol. The van der Waals surface area contributed by atoms with Gasteiger partial charge < -0.3 is 185 Å². The van der Waals surface area contributed by atoms with Crippen molar-refractivity contribution < 1.29 is 170 Å². The first-order valence-electron chi connectivity index (χ1n) is 36.7. The van der Waals surface area contributed by atoms with Gasteiger partial charge in [0.05, 0.1) is 184 Å². The van der Waals surface area contributed by atoms with Crippen LogP contribution in [0.5, 0.6) is 0 Å². The first-order valence-corrected chi connectivity index (χ1v) is 36.7. The van der Waals surface area contributed by atoms with Crippen LogP contribution < -0.4 is 155 Å². The fraction of sp³-hybridized carbons (Fsp3) is 0.540. The van der Waals surface area contributed by atoms with Gasteiger partial charge in [-0.3, -0.25) is 139 Å². The van der Waals surface area contributed by atoms with Crippen LogP contribution in [0.3, 0.4) is 0 Å². The number of nitrogens with one attached hydrogen (secondary N) is 28. The first-order chi connectivity index (χ1) is 60.0. The maximum atomic E-state index is 12.6. The van der Waals surface area contributed by atoms with Crippen LogP contribution >= 0.6 is 0 Å². The number of carbonyl (C=O) groups is 29. The Morgan fingerprint density at radius 1 is 0.157 bits per heavy atom. The normalized spacial score (nSPS) is 11.4. The van der Waals surface area contributed by atoms with E-state index in [2.05, 4.69) is 122 Å². The molecule has 0 radical (unpaired) electrons. The Bertz CT molecular complexity index is 3960. The van der Waals surface area contributed by atoms with Crippen LogP contribution in [-0.4, -0.2) is 422 Å². The van der Waals surface area contributed by atoms with E-state index >= 15 is 0 Å². The third kappa shape index (κ3) is 56.6. The van der Waals surface area contributed by atoms with Gasteiger partial charge in [-0.05, 0) is 0 Å².